The van der Waals surface area contributed by atoms with Crippen LogP contribution in [0, 0.1) is 0 Å². The van der Waals surface area contributed by atoms with Gasteiger partial charge in [0, 0.05) is 0 Å². The van der Waals surface area contributed by atoms with Crippen LogP contribution in [-0.4, -0.2) is 31.1 Å². The van der Waals surface area contributed by atoms with Crippen molar-refractivity contribution < 1.29 is 23.1 Å². The van der Waals surface area contributed by atoms with Gasteiger partial charge in [0.05, 0.1) is 29.1 Å². The van der Waals surface area contributed by atoms with Gasteiger partial charge >= 0.3 is 5.97 Å². The number of primary sulfonamides is 1. The van der Waals surface area contributed by atoms with Crippen LogP contribution >= 0.6 is 0 Å². The van der Waals surface area contributed by atoms with Crippen LogP contribution in [0.5, 0.6) is 0 Å². The zero-order valence-electron chi connectivity index (χ0n) is 10.2. The Labute approximate surface area is 114 Å². The smallest absolute Gasteiger partial charge is 0.309 e. The lowest BCUT2D eigenvalue weighted by atomic mass is 10.2. The van der Waals surface area contributed by atoms with Gasteiger partial charge in [-0.25, -0.2) is 18.6 Å². The van der Waals surface area contributed by atoms with E-state index in [1.54, 1.807) is 0 Å². The molecule has 0 saturated carbocycles. The fraction of sp³-hybridized carbons (Fsp3) is 0.182. The normalized spacial score (nSPS) is 15.3. The second-order valence-corrected chi connectivity index (χ2v) is 5.72. The summed E-state index contributed by atoms with van der Waals surface area (Å²) in [7, 11) is -3.80. The van der Waals surface area contributed by atoms with Gasteiger partial charge < -0.3 is 5.11 Å². The molecular weight excluding hydrogens is 286 g/mol. The summed E-state index contributed by atoms with van der Waals surface area (Å²) in [5, 5.41) is 18.6. The number of nitrogens with zero attached hydrogens (tertiary/aromatic N) is 2. The van der Waals surface area contributed by atoms with Crippen LogP contribution < -0.4 is 10.1 Å². The number of hydrogen-bond donors (Lipinski definition) is 2. The Morgan fingerprint density at radius 3 is 2.45 bits per heavy atom. The molecule has 3 N–H and O–H groups in total. The minimum atomic E-state index is -3.80. The minimum absolute atomic E-state index is 0.0662. The summed E-state index contributed by atoms with van der Waals surface area (Å²) in [6.45, 7) is 0. The number of anilines is 1. The average Bonchev–Trinajstić information content (AvgIpc) is 2.68. The SMILES string of the molecule is NS(=O)(=O)c1ccc(N2N=C(CC(=O)O)CC2=O)cc1. The molecule has 0 unspecified atom stereocenters. The Bertz CT molecular complexity index is 693. The number of amides is 1. The molecule has 0 aromatic heterocycles. The van der Waals surface area contributed by atoms with Crippen molar-refractivity contribution in [3.05, 3.63) is 24.3 Å². The molecule has 0 spiro atoms. The van der Waals surface area contributed by atoms with Crippen molar-refractivity contribution in [3.8, 4) is 0 Å². The van der Waals surface area contributed by atoms with Crippen LogP contribution in [0.3, 0.4) is 0 Å². The maximum Gasteiger partial charge on any atom is 0.309 e. The molecule has 1 aromatic carbocycles. The van der Waals surface area contributed by atoms with Crippen molar-refractivity contribution in [2.45, 2.75) is 17.7 Å². The fourth-order valence-corrected chi connectivity index (χ4v) is 2.25. The Balaban J connectivity index is 2.26. The molecule has 0 atom stereocenters. The number of benzene rings is 1. The zero-order valence-corrected chi connectivity index (χ0v) is 11.0. The summed E-state index contributed by atoms with van der Waals surface area (Å²) in [6.07, 6.45) is -0.374. The molecule has 8 nitrogen and oxygen atoms in total. The summed E-state index contributed by atoms with van der Waals surface area (Å²) in [6, 6.07) is 5.26. The van der Waals surface area contributed by atoms with Crippen molar-refractivity contribution in [1.82, 2.24) is 0 Å². The quantitative estimate of drug-likeness (QED) is 0.801. The summed E-state index contributed by atoms with van der Waals surface area (Å²) in [4.78, 5) is 22.2. The number of carbonyl (C=O) groups is 2. The molecule has 106 valence electrons. The largest absolute Gasteiger partial charge is 0.481 e. The first-order valence-corrected chi connectivity index (χ1v) is 7.06. The maximum absolute atomic E-state index is 11.7. The first-order valence-electron chi connectivity index (χ1n) is 5.51. The molecule has 2 rings (SSSR count). The average molecular weight is 297 g/mol. The van der Waals surface area contributed by atoms with E-state index in [0.717, 1.165) is 5.01 Å². The van der Waals surface area contributed by atoms with Gasteiger partial charge in [-0.05, 0) is 24.3 Å². The molecule has 0 saturated heterocycles. The topological polar surface area (TPSA) is 130 Å². The fourth-order valence-electron chi connectivity index (χ4n) is 1.73. The third-order valence-corrected chi connectivity index (χ3v) is 3.53. The highest BCUT2D eigenvalue weighted by atomic mass is 32.2. The molecule has 1 amide bonds. The molecule has 9 heteroatoms. The zero-order chi connectivity index (χ0) is 14.9. The number of hydrazone groups is 1. The maximum atomic E-state index is 11.7. The molecule has 1 aliphatic rings. The van der Waals surface area contributed by atoms with Gasteiger partial charge in [-0.1, -0.05) is 0 Å². The predicted octanol–water partition coefficient (Wildman–Crippen LogP) is -0.0986. The van der Waals surface area contributed by atoms with E-state index in [0.29, 0.717) is 5.69 Å². The first kappa shape index (κ1) is 14.2. The van der Waals surface area contributed by atoms with E-state index < -0.39 is 16.0 Å². The van der Waals surface area contributed by atoms with Crippen molar-refractivity contribution in [2.75, 3.05) is 5.01 Å². The third-order valence-electron chi connectivity index (χ3n) is 2.60. The molecular formula is C11H11N3O5S. The molecule has 0 bridgehead atoms. The number of hydrogen-bond acceptors (Lipinski definition) is 5. The number of carbonyl (C=O) groups excluding carboxylic acids is 1. The molecule has 0 radical (unpaired) electrons. The van der Waals surface area contributed by atoms with Crippen molar-refractivity contribution in [3.63, 3.8) is 0 Å². The van der Waals surface area contributed by atoms with Crippen molar-refractivity contribution in [1.29, 1.82) is 0 Å². The summed E-state index contributed by atoms with van der Waals surface area (Å²) >= 11 is 0. The van der Waals surface area contributed by atoms with Gasteiger partial charge in [0.25, 0.3) is 5.91 Å². The summed E-state index contributed by atoms with van der Waals surface area (Å²) in [5.41, 5.74) is 0.598. The summed E-state index contributed by atoms with van der Waals surface area (Å²) < 4.78 is 22.2. The van der Waals surface area contributed by atoms with E-state index in [2.05, 4.69) is 5.10 Å². The van der Waals surface area contributed by atoms with E-state index in [-0.39, 0.29) is 29.4 Å². The lowest BCUT2D eigenvalue weighted by molar-refractivity contribution is -0.135. The minimum Gasteiger partial charge on any atom is -0.481 e. The van der Waals surface area contributed by atoms with E-state index in [1.165, 1.54) is 24.3 Å². The molecule has 1 heterocycles. The highest BCUT2D eigenvalue weighted by Gasteiger charge is 2.26. The van der Waals surface area contributed by atoms with E-state index >= 15 is 0 Å². The van der Waals surface area contributed by atoms with Gasteiger partial charge in [-0.2, -0.15) is 5.10 Å². The number of carboxylic acid groups (broad SMARTS) is 1. The van der Waals surface area contributed by atoms with Gasteiger partial charge in [0.15, 0.2) is 0 Å². The van der Waals surface area contributed by atoms with Gasteiger partial charge in [-0.3, -0.25) is 9.59 Å². The first-order chi connectivity index (χ1) is 9.27. The Kier molecular flexibility index (Phi) is 3.55. The predicted molar refractivity (Wildman–Crippen MR) is 69.6 cm³/mol. The van der Waals surface area contributed by atoms with Gasteiger partial charge in [0.1, 0.15) is 0 Å². The van der Waals surface area contributed by atoms with Crippen LogP contribution in [-0.2, 0) is 19.6 Å². The van der Waals surface area contributed by atoms with Crippen LogP contribution in [0.4, 0.5) is 5.69 Å². The van der Waals surface area contributed by atoms with Crippen LogP contribution in [0.25, 0.3) is 0 Å². The van der Waals surface area contributed by atoms with E-state index in [1.807, 2.05) is 0 Å². The molecule has 0 aliphatic carbocycles. The Morgan fingerprint density at radius 1 is 1.35 bits per heavy atom. The third kappa shape index (κ3) is 3.00. The Morgan fingerprint density at radius 2 is 1.95 bits per heavy atom. The van der Waals surface area contributed by atoms with Crippen molar-refractivity contribution >= 4 is 33.3 Å². The second-order valence-electron chi connectivity index (χ2n) is 4.16. The molecule has 1 aliphatic heterocycles. The number of sulfonamides is 1. The molecule has 20 heavy (non-hydrogen) atoms. The van der Waals surface area contributed by atoms with Crippen LogP contribution in [0.1, 0.15) is 12.8 Å². The number of carboxylic acids is 1. The highest BCUT2D eigenvalue weighted by molar-refractivity contribution is 7.89. The van der Waals surface area contributed by atoms with E-state index in [4.69, 9.17) is 10.2 Å². The van der Waals surface area contributed by atoms with Crippen LogP contribution in [0.15, 0.2) is 34.3 Å². The van der Waals surface area contributed by atoms with Crippen LogP contribution in [0.2, 0.25) is 0 Å². The summed E-state index contributed by atoms with van der Waals surface area (Å²) in [5.74, 6) is -1.44. The second kappa shape index (κ2) is 5.02. The number of nitrogens with two attached hydrogens (primary N) is 1. The standard InChI is InChI=1S/C11H11N3O5S/c12-20(18,19)9-3-1-8(2-4-9)14-10(15)5-7(13-14)6-11(16)17/h1-4H,5-6H2,(H,16,17)(H2,12,18,19). The molecule has 0 fully saturated rings. The van der Waals surface area contributed by atoms with Gasteiger partial charge in [-0.15, -0.1) is 0 Å². The van der Waals surface area contributed by atoms with E-state index in [9.17, 15) is 18.0 Å². The Hall–Kier alpha value is -2.26. The molecule has 1 aromatic rings. The van der Waals surface area contributed by atoms with Gasteiger partial charge in [0.2, 0.25) is 10.0 Å². The number of rotatable bonds is 4. The van der Waals surface area contributed by atoms with Crippen molar-refractivity contribution in [2.24, 2.45) is 10.2 Å². The number of aliphatic carboxylic acids is 1. The highest BCUT2D eigenvalue weighted by Crippen LogP contribution is 2.22. The lowest BCUT2D eigenvalue weighted by Gasteiger charge is -2.11. The monoisotopic (exact) mass is 297 g/mol. The lowest BCUT2D eigenvalue weighted by Crippen LogP contribution is -2.19.